The maximum atomic E-state index is 10.1. The van der Waals surface area contributed by atoms with E-state index in [0.29, 0.717) is 34.7 Å². The third kappa shape index (κ3) is 5.58. The molecule has 0 amide bonds. The van der Waals surface area contributed by atoms with E-state index in [0.717, 1.165) is 12.1 Å². The number of aromatic hydroxyl groups is 1. The fourth-order valence-electron chi connectivity index (χ4n) is 2.58. The van der Waals surface area contributed by atoms with Crippen molar-refractivity contribution in [3.8, 4) is 17.1 Å². The number of hydrogen-bond acceptors (Lipinski definition) is 5. The normalized spacial score (nSPS) is 12.6. The summed E-state index contributed by atoms with van der Waals surface area (Å²) in [6.45, 7) is 9.08. The van der Waals surface area contributed by atoms with Crippen molar-refractivity contribution >= 4 is 17.4 Å². The second-order valence-corrected chi connectivity index (χ2v) is 7.52. The smallest absolute Gasteiger partial charge is 0.165 e. The predicted octanol–water partition coefficient (Wildman–Crippen LogP) is 4.41. The lowest BCUT2D eigenvalue weighted by Crippen LogP contribution is -2.30. The zero-order chi connectivity index (χ0) is 18.6. The molecule has 0 bridgehead atoms. The van der Waals surface area contributed by atoms with Crippen molar-refractivity contribution in [2.75, 3.05) is 11.9 Å². The van der Waals surface area contributed by atoms with Gasteiger partial charge in [-0.25, -0.2) is 9.97 Å². The molecule has 0 aliphatic carbocycles. The van der Waals surface area contributed by atoms with Gasteiger partial charge in [0.15, 0.2) is 5.82 Å². The summed E-state index contributed by atoms with van der Waals surface area (Å²) in [5.41, 5.74) is 7.56. The summed E-state index contributed by atoms with van der Waals surface area (Å²) < 4.78 is 0. The monoisotopic (exact) mass is 362 g/mol. The van der Waals surface area contributed by atoms with Crippen LogP contribution in [0.3, 0.4) is 0 Å². The Balaban J connectivity index is 2.32. The highest BCUT2D eigenvalue weighted by Gasteiger charge is 2.14. The zero-order valence-corrected chi connectivity index (χ0v) is 16.0. The van der Waals surface area contributed by atoms with E-state index in [2.05, 4.69) is 43.0 Å². The van der Waals surface area contributed by atoms with Crippen LogP contribution in [0.25, 0.3) is 11.4 Å². The molecule has 2 rings (SSSR count). The Morgan fingerprint density at radius 2 is 1.88 bits per heavy atom. The molecule has 0 saturated carbocycles. The number of nitrogens with two attached hydrogens (primary N) is 1. The van der Waals surface area contributed by atoms with Crippen molar-refractivity contribution in [1.29, 1.82) is 0 Å². The van der Waals surface area contributed by atoms with E-state index in [1.165, 1.54) is 0 Å². The summed E-state index contributed by atoms with van der Waals surface area (Å²) in [5.74, 6) is 2.03. The Morgan fingerprint density at radius 1 is 1.16 bits per heavy atom. The van der Waals surface area contributed by atoms with E-state index in [4.69, 9.17) is 17.3 Å². The van der Waals surface area contributed by atoms with Crippen LogP contribution in [0.5, 0.6) is 5.75 Å². The molecular formula is C19H27ClN4O. The van der Waals surface area contributed by atoms with Gasteiger partial charge in [-0.05, 0) is 36.5 Å². The van der Waals surface area contributed by atoms with Crippen LogP contribution in [-0.4, -0.2) is 27.7 Å². The molecule has 136 valence electrons. The topological polar surface area (TPSA) is 84.1 Å². The van der Waals surface area contributed by atoms with Crippen molar-refractivity contribution < 1.29 is 5.11 Å². The van der Waals surface area contributed by atoms with Crippen LogP contribution < -0.4 is 11.1 Å². The van der Waals surface area contributed by atoms with Gasteiger partial charge in [0.25, 0.3) is 0 Å². The molecule has 5 nitrogen and oxygen atoms in total. The van der Waals surface area contributed by atoms with Gasteiger partial charge >= 0.3 is 0 Å². The van der Waals surface area contributed by atoms with Crippen molar-refractivity contribution in [2.45, 2.75) is 46.1 Å². The van der Waals surface area contributed by atoms with Crippen molar-refractivity contribution in [3.05, 3.63) is 35.0 Å². The number of anilines is 1. The van der Waals surface area contributed by atoms with E-state index in [9.17, 15) is 5.11 Å². The quantitative estimate of drug-likeness (QED) is 0.679. The number of rotatable bonds is 7. The molecule has 0 aliphatic heterocycles. The maximum Gasteiger partial charge on any atom is 0.165 e. The van der Waals surface area contributed by atoms with Crippen molar-refractivity contribution in [2.24, 2.45) is 11.7 Å². The summed E-state index contributed by atoms with van der Waals surface area (Å²) in [5, 5.41) is 14.0. The highest BCUT2D eigenvalue weighted by atomic mass is 35.5. The summed E-state index contributed by atoms with van der Waals surface area (Å²) in [7, 11) is 0. The molecule has 25 heavy (non-hydrogen) atoms. The first-order valence-corrected chi connectivity index (χ1v) is 9.01. The van der Waals surface area contributed by atoms with Crippen LogP contribution in [-0.2, 0) is 0 Å². The summed E-state index contributed by atoms with van der Waals surface area (Å²) in [6, 6.07) is 6.84. The molecule has 1 aromatic heterocycles. The minimum Gasteiger partial charge on any atom is -0.507 e. The molecule has 1 unspecified atom stereocenters. The maximum absolute atomic E-state index is 10.1. The molecule has 0 saturated heterocycles. The number of halogens is 1. The fourth-order valence-corrected chi connectivity index (χ4v) is 2.76. The summed E-state index contributed by atoms with van der Waals surface area (Å²) in [4.78, 5) is 9.12. The van der Waals surface area contributed by atoms with E-state index < -0.39 is 0 Å². The molecule has 1 aromatic carbocycles. The number of nitrogens with one attached hydrogen (secondary N) is 1. The van der Waals surface area contributed by atoms with Gasteiger partial charge in [-0.2, -0.15) is 0 Å². The molecule has 0 fully saturated rings. The van der Waals surface area contributed by atoms with Crippen LogP contribution in [0.4, 0.5) is 5.82 Å². The summed E-state index contributed by atoms with van der Waals surface area (Å²) >= 11 is 6.06. The van der Waals surface area contributed by atoms with E-state index in [1.807, 2.05) is 6.07 Å². The Hall–Kier alpha value is -1.85. The van der Waals surface area contributed by atoms with Crippen LogP contribution in [0.2, 0.25) is 5.02 Å². The highest BCUT2D eigenvalue weighted by Crippen LogP contribution is 2.31. The van der Waals surface area contributed by atoms with Crippen LogP contribution >= 0.6 is 11.6 Å². The minimum absolute atomic E-state index is 0.0560. The number of phenols is 1. The van der Waals surface area contributed by atoms with Gasteiger partial charge in [0.05, 0.1) is 5.56 Å². The molecule has 0 spiro atoms. The molecule has 1 atom stereocenters. The largest absolute Gasteiger partial charge is 0.507 e. The first kappa shape index (κ1) is 19.5. The number of benzene rings is 1. The molecule has 2 aromatic rings. The number of aromatic nitrogens is 2. The van der Waals surface area contributed by atoms with Crippen molar-refractivity contribution in [3.63, 3.8) is 0 Å². The Morgan fingerprint density at radius 3 is 2.52 bits per heavy atom. The van der Waals surface area contributed by atoms with Gasteiger partial charge in [0, 0.05) is 29.4 Å². The number of nitrogens with zero attached hydrogens (tertiary/aromatic N) is 2. The number of phenolic OH excluding ortho intramolecular Hbond substituents is 1. The first-order chi connectivity index (χ1) is 11.8. The molecule has 0 aliphatic rings. The predicted molar refractivity (Wildman–Crippen MR) is 104 cm³/mol. The molecular weight excluding hydrogens is 336 g/mol. The van der Waals surface area contributed by atoms with Gasteiger partial charge in [0.2, 0.25) is 0 Å². The lowest BCUT2D eigenvalue weighted by Gasteiger charge is -2.17. The standard InChI is InChI=1S/C19H27ClN4O/c1-11(2)7-14(21)10-22-18-9-16(12(3)4)23-19(24-18)15-8-13(20)5-6-17(15)25/h5-6,8-9,11-12,14,25H,7,10,21H2,1-4H3,(H,22,23,24). The van der Waals surface area contributed by atoms with Gasteiger partial charge in [-0.3, -0.25) is 0 Å². The van der Waals surface area contributed by atoms with Gasteiger partial charge in [0.1, 0.15) is 11.6 Å². The fraction of sp³-hybridized carbons (Fsp3) is 0.474. The van der Waals surface area contributed by atoms with E-state index >= 15 is 0 Å². The molecule has 6 heteroatoms. The lowest BCUT2D eigenvalue weighted by atomic mass is 10.0. The molecule has 0 radical (unpaired) electrons. The average Bonchev–Trinajstić information content (AvgIpc) is 2.54. The van der Waals surface area contributed by atoms with Gasteiger partial charge in [-0.1, -0.05) is 39.3 Å². The Bertz CT molecular complexity index is 719. The third-order valence-corrected chi connectivity index (χ3v) is 4.09. The van der Waals surface area contributed by atoms with Crippen LogP contribution in [0.15, 0.2) is 24.3 Å². The second-order valence-electron chi connectivity index (χ2n) is 7.09. The first-order valence-electron chi connectivity index (χ1n) is 8.63. The van der Waals surface area contributed by atoms with E-state index in [-0.39, 0.29) is 17.7 Å². The Kier molecular flexibility index (Phi) is 6.62. The molecule has 4 N–H and O–H groups in total. The second kappa shape index (κ2) is 8.50. The average molecular weight is 363 g/mol. The summed E-state index contributed by atoms with van der Waals surface area (Å²) in [6.07, 6.45) is 0.942. The van der Waals surface area contributed by atoms with Crippen molar-refractivity contribution in [1.82, 2.24) is 9.97 Å². The van der Waals surface area contributed by atoms with Crippen LogP contribution in [0, 0.1) is 5.92 Å². The lowest BCUT2D eigenvalue weighted by molar-refractivity contribution is 0.477. The molecule has 1 heterocycles. The number of hydrogen-bond donors (Lipinski definition) is 3. The van der Waals surface area contributed by atoms with E-state index in [1.54, 1.807) is 18.2 Å². The third-order valence-electron chi connectivity index (χ3n) is 3.86. The zero-order valence-electron chi connectivity index (χ0n) is 15.3. The Labute approximate surface area is 154 Å². The van der Waals surface area contributed by atoms with Gasteiger partial charge in [-0.15, -0.1) is 0 Å². The van der Waals surface area contributed by atoms with Crippen LogP contribution in [0.1, 0.15) is 45.7 Å². The highest BCUT2D eigenvalue weighted by molar-refractivity contribution is 6.30. The minimum atomic E-state index is 0.0560. The SMILES string of the molecule is CC(C)CC(N)CNc1cc(C(C)C)nc(-c2cc(Cl)ccc2O)n1. The van der Waals surface area contributed by atoms with Gasteiger partial charge < -0.3 is 16.2 Å².